The first-order chi connectivity index (χ1) is 8.15. The number of aryl methyl sites for hydroxylation is 1. The Hall–Kier alpha value is -1.19. The maximum absolute atomic E-state index is 12.8. The van der Waals surface area contributed by atoms with Crippen molar-refractivity contribution >= 4 is 11.3 Å². The van der Waals surface area contributed by atoms with Gasteiger partial charge in [0.25, 0.3) is 0 Å². The van der Waals surface area contributed by atoms with Crippen LogP contribution in [0.4, 0.5) is 4.39 Å². The Morgan fingerprint density at radius 3 is 2.47 bits per heavy atom. The summed E-state index contributed by atoms with van der Waals surface area (Å²) in [5, 5.41) is 3.44. The molecule has 1 unspecified atom stereocenters. The van der Waals surface area contributed by atoms with Crippen LogP contribution < -0.4 is 5.32 Å². The predicted octanol–water partition coefficient (Wildman–Crippen LogP) is 4.05. The highest BCUT2D eigenvalue weighted by molar-refractivity contribution is 7.11. The van der Waals surface area contributed by atoms with Crippen LogP contribution in [-0.4, -0.2) is 0 Å². The highest BCUT2D eigenvalue weighted by atomic mass is 32.1. The lowest BCUT2D eigenvalue weighted by Gasteiger charge is -2.13. The Bertz CT molecular complexity index is 475. The van der Waals surface area contributed by atoms with Crippen LogP contribution in [0.25, 0.3) is 0 Å². The van der Waals surface area contributed by atoms with Crippen molar-refractivity contribution in [2.45, 2.75) is 26.4 Å². The molecule has 2 rings (SSSR count). The minimum absolute atomic E-state index is 0.185. The summed E-state index contributed by atoms with van der Waals surface area (Å²) in [7, 11) is 0. The average molecular weight is 249 g/mol. The topological polar surface area (TPSA) is 12.0 Å². The van der Waals surface area contributed by atoms with E-state index in [2.05, 4.69) is 31.3 Å². The number of halogens is 1. The molecule has 1 atom stereocenters. The fourth-order valence-corrected chi connectivity index (χ4v) is 2.54. The van der Waals surface area contributed by atoms with Gasteiger partial charge in [0, 0.05) is 22.3 Å². The van der Waals surface area contributed by atoms with Crippen LogP contribution in [0.15, 0.2) is 36.4 Å². The van der Waals surface area contributed by atoms with Crippen LogP contribution in [0.5, 0.6) is 0 Å². The van der Waals surface area contributed by atoms with Gasteiger partial charge in [0.2, 0.25) is 0 Å². The van der Waals surface area contributed by atoms with E-state index in [1.54, 1.807) is 11.3 Å². The van der Waals surface area contributed by atoms with Crippen molar-refractivity contribution in [3.05, 3.63) is 57.5 Å². The number of rotatable bonds is 4. The molecule has 1 heterocycles. The van der Waals surface area contributed by atoms with Crippen LogP contribution in [0, 0.1) is 12.7 Å². The summed E-state index contributed by atoms with van der Waals surface area (Å²) >= 11 is 1.80. The number of hydrogen-bond acceptors (Lipinski definition) is 2. The van der Waals surface area contributed by atoms with E-state index in [0.29, 0.717) is 0 Å². The molecule has 1 aromatic carbocycles. The van der Waals surface area contributed by atoms with Crippen molar-refractivity contribution < 1.29 is 4.39 Å². The van der Waals surface area contributed by atoms with Gasteiger partial charge < -0.3 is 5.32 Å². The van der Waals surface area contributed by atoms with E-state index in [-0.39, 0.29) is 11.9 Å². The van der Waals surface area contributed by atoms with Crippen molar-refractivity contribution in [2.75, 3.05) is 0 Å². The number of hydrogen-bond donors (Lipinski definition) is 1. The van der Waals surface area contributed by atoms with Gasteiger partial charge in [-0.1, -0.05) is 12.1 Å². The zero-order valence-electron chi connectivity index (χ0n) is 10.0. The Morgan fingerprint density at radius 1 is 1.18 bits per heavy atom. The lowest BCUT2D eigenvalue weighted by molar-refractivity contribution is 0.575. The van der Waals surface area contributed by atoms with Crippen LogP contribution >= 0.6 is 11.3 Å². The van der Waals surface area contributed by atoms with Gasteiger partial charge in [-0.15, -0.1) is 11.3 Å². The minimum atomic E-state index is -0.185. The van der Waals surface area contributed by atoms with Crippen molar-refractivity contribution in [2.24, 2.45) is 0 Å². The molecule has 90 valence electrons. The quantitative estimate of drug-likeness (QED) is 0.862. The van der Waals surface area contributed by atoms with E-state index in [1.807, 2.05) is 12.1 Å². The summed E-state index contributed by atoms with van der Waals surface area (Å²) in [6.07, 6.45) is 0. The molecule has 0 saturated heterocycles. The fraction of sp³-hybridized carbons (Fsp3) is 0.286. The minimum Gasteiger partial charge on any atom is -0.305 e. The third-order valence-corrected chi connectivity index (χ3v) is 3.75. The molecule has 17 heavy (non-hydrogen) atoms. The second-order valence-corrected chi connectivity index (χ2v) is 5.54. The molecular weight excluding hydrogens is 233 g/mol. The molecule has 0 spiro atoms. The number of benzene rings is 1. The third kappa shape index (κ3) is 3.38. The maximum atomic E-state index is 12.8. The fourth-order valence-electron chi connectivity index (χ4n) is 1.70. The Labute approximate surface area is 105 Å². The maximum Gasteiger partial charge on any atom is 0.123 e. The summed E-state index contributed by atoms with van der Waals surface area (Å²) in [4.78, 5) is 2.66. The van der Waals surface area contributed by atoms with Gasteiger partial charge in [-0.3, -0.25) is 0 Å². The first-order valence-corrected chi connectivity index (χ1v) is 6.51. The smallest absolute Gasteiger partial charge is 0.123 e. The lowest BCUT2D eigenvalue weighted by Crippen LogP contribution is -2.17. The Morgan fingerprint density at radius 2 is 1.88 bits per heavy atom. The molecule has 1 nitrogen and oxygen atoms in total. The first-order valence-electron chi connectivity index (χ1n) is 5.69. The Balaban J connectivity index is 1.93. The molecule has 0 saturated carbocycles. The molecule has 2 aromatic rings. The van der Waals surface area contributed by atoms with Gasteiger partial charge in [-0.25, -0.2) is 4.39 Å². The van der Waals surface area contributed by atoms with E-state index in [0.717, 1.165) is 12.1 Å². The van der Waals surface area contributed by atoms with Gasteiger partial charge in [0.05, 0.1) is 0 Å². The van der Waals surface area contributed by atoms with Gasteiger partial charge in [0.1, 0.15) is 5.82 Å². The van der Waals surface area contributed by atoms with Crippen molar-refractivity contribution in [3.63, 3.8) is 0 Å². The van der Waals surface area contributed by atoms with E-state index in [1.165, 1.54) is 21.9 Å². The molecule has 3 heteroatoms. The normalized spacial score (nSPS) is 12.6. The molecule has 1 aromatic heterocycles. The lowest BCUT2D eigenvalue weighted by atomic mass is 10.1. The van der Waals surface area contributed by atoms with Gasteiger partial charge >= 0.3 is 0 Å². The molecule has 0 fully saturated rings. The number of thiophene rings is 1. The van der Waals surface area contributed by atoms with E-state index in [9.17, 15) is 4.39 Å². The van der Waals surface area contributed by atoms with Gasteiger partial charge in [-0.2, -0.15) is 0 Å². The molecular formula is C14H16FNS. The van der Waals surface area contributed by atoms with Crippen molar-refractivity contribution in [3.8, 4) is 0 Å². The van der Waals surface area contributed by atoms with E-state index in [4.69, 9.17) is 0 Å². The Kier molecular flexibility index (Phi) is 3.92. The van der Waals surface area contributed by atoms with Gasteiger partial charge in [0.15, 0.2) is 0 Å². The summed E-state index contributed by atoms with van der Waals surface area (Å²) < 4.78 is 12.8. The van der Waals surface area contributed by atoms with Crippen LogP contribution in [0.3, 0.4) is 0 Å². The van der Waals surface area contributed by atoms with E-state index < -0.39 is 0 Å². The second-order valence-electron chi connectivity index (χ2n) is 4.17. The molecule has 0 radical (unpaired) electrons. The highest BCUT2D eigenvalue weighted by Crippen LogP contribution is 2.17. The van der Waals surface area contributed by atoms with Gasteiger partial charge in [-0.05, 0) is 43.7 Å². The first kappa shape index (κ1) is 12.3. The summed E-state index contributed by atoms with van der Waals surface area (Å²) in [5.41, 5.74) is 1.11. The average Bonchev–Trinajstić information content (AvgIpc) is 2.73. The molecule has 0 aliphatic heterocycles. The summed E-state index contributed by atoms with van der Waals surface area (Å²) in [5.74, 6) is -0.185. The van der Waals surface area contributed by atoms with Crippen molar-refractivity contribution in [1.82, 2.24) is 5.32 Å². The summed E-state index contributed by atoms with van der Waals surface area (Å²) in [6, 6.07) is 11.2. The largest absolute Gasteiger partial charge is 0.305 e. The second kappa shape index (κ2) is 5.43. The van der Waals surface area contributed by atoms with Crippen LogP contribution in [0.2, 0.25) is 0 Å². The molecule has 0 aliphatic rings. The SMILES string of the molecule is Cc1ccc(CNC(C)c2ccc(F)cc2)s1. The molecule has 0 bridgehead atoms. The molecule has 0 amide bonds. The van der Waals surface area contributed by atoms with Crippen LogP contribution in [-0.2, 0) is 6.54 Å². The highest BCUT2D eigenvalue weighted by Gasteiger charge is 2.05. The summed E-state index contributed by atoms with van der Waals surface area (Å²) in [6.45, 7) is 5.06. The van der Waals surface area contributed by atoms with Crippen LogP contribution in [0.1, 0.15) is 28.3 Å². The third-order valence-electron chi connectivity index (χ3n) is 2.75. The standard InChI is InChI=1S/C14H16FNS/c1-10-3-8-14(17-10)9-16-11(2)12-4-6-13(15)7-5-12/h3-8,11,16H,9H2,1-2H3. The monoisotopic (exact) mass is 249 g/mol. The number of nitrogens with one attached hydrogen (secondary N) is 1. The van der Waals surface area contributed by atoms with Crippen molar-refractivity contribution in [1.29, 1.82) is 0 Å². The van der Waals surface area contributed by atoms with E-state index >= 15 is 0 Å². The molecule has 0 aliphatic carbocycles. The predicted molar refractivity (Wildman–Crippen MR) is 70.7 cm³/mol. The zero-order valence-corrected chi connectivity index (χ0v) is 10.9. The zero-order chi connectivity index (χ0) is 12.3. The molecule has 1 N–H and O–H groups in total.